The first kappa shape index (κ1) is 4.77. The van der Waals surface area contributed by atoms with E-state index in [-0.39, 0.29) is 0 Å². The maximum Gasteiger partial charge on any atom is 0.0624 e. The minimum atomic E-state index is 0.350. The second kappa shape index (κ2) is 1.25. The van der Waals surface area contributed by atoms with Gasteiger partial charge in [-0.1, -0.05) is 0 Å². The normalized spacial score (nSPS) is 40.9. The van der Waals surface area contributed by atoms with Gasteiger partial charge in [0, 0.05) is 11.5 Å². The summed E-state index contributed by atoms with van der Waals surface area (Å²) in [5, 5.41) is 0. The molecule has 1 aliphatic carbocycles. The van der Waals surface area contributed by atoms with E-state index < -0.39 is 0 Å². The van der Waals surface area contributed by atoms with Crippen molar-refractivity contribution in [1.82, 2.24) is 0 Å². The van der Waals surface area contributed by atoms with Gasteiger partial charge < -0.3 is 10.5 Å². The van der Waals surface area contributed by atoms with Crippen LogP contribution < -0.4 is 5.73 Å². The Balaban J connectivity index is 2.12. The Labute approximate surface area is 49.0 Å². The van der Waals surface area contributed by atoms with Crippen LogP contribution in [0.3, 0.4) is 0 Å². The Morgan fingerprint density at radius 1 is 1.50 bits per heavy atom. The topological polar surface area (TPSA) is 35.2 Å². The summed E-state index contributed by atoms with van der Waals surface area (Å²) in [6.07, 6.45) is 2.60. The highest BCUT2D eigenvalue weighted by Gasteiger charge is 2.51. The molecule has 2 N–H and O–H groups in total. The minimum absolute atomic E-state index is 0.350. The monoisotopic (exact) mass is 113 g/mol. The predicted octanol–water partition coefficient (Wildman–Crippen LogP) is 0.124. The lowest BCUT2D eigenvalue weighted by Crippen LogP contribution is -2.29. The summed E-state index contributed by atoms with van der Waals surface area (Å²) in [5.41, 5.74) is 6.21. The molecule has 0 amide bonds. The fourth-order valence-electron chi connectivity index (χ4n) is 1.35. The Bertz CT molecular complexity index is 109. The molecule has 1 aliphatic heterocycles. The summed E-state index contributed by atoms with van der Waals surface area (Å²) >= 11 is 0. The molecular weight excluding hydrogens is 102 g/mol. The van der Waals surface area contributed by atoms with E-state index in [1.54, 1.807) is 0 Å². The fourth-order valence-corrected chi connectivity index (χ4v) is 1.35. The van der Waals surface area contributed by atoms with Crippen LogP contribution in [0, 0.1) is 5.41 Å². The molecule has 1 spiro atoms. The quantitative estimate of drug-likeness (QED) is 0.484. The third kappa shape index (κ3) is 0.446. The molecule has 2 nitrogen and oxygen atoms in total. The van der Waals surface area contributed by atoms with Gasteiger partial charge in [-0.2, -0.15) is 0 Å². The molecule has 0 aromatic rings. The van der Waals surface area contributed by atoms with E-state index in [0.717, 1.165) is 13.2 Å². The summed E-state index contributed by atoms with van der Waals surface area (Å²) in [7, 11) is 0. The summed E-state index contributed by atoms with van der Waals surface area (Å²) in [5.74, 6) is 0. The van der Waals surface area contributed by atoms with Crippen LogP contribution >= 0.6 is 0 Å². The van der Waals surface area contributed by atoms with E-state index in [1.807, 2.05) is 0 Å². The molecule has 1 saturated carbocycles. The number of hydrogen-bond acceptors (Lipinski definition) is 2. The number of ether oxygens (including phenoxy) is 1. The van der Waals surface area contributed by atoms with Crippen LogP contribution in [0.4, 0.5) is 0 Å². The predicted molar refractivity (Wildman–Crippen MR) is 30.5 cm³/mol. The highest BCUT2D eigenvalue weighted by molar-refractivity contribution is 5.03. The van der Waals surface area contributed by atoms with Crippen LogP contribution in [0.15, 0.2) is 0 Å². The Hall–Kier alpha value is -0.0800. The molecule has 2 rings (SSSR count). The Kier molecular flexibility index (Phi) is 0.746. The van der Waals surface area contributed by atoms with E-state index in [9.17, 15) is 0 Å². The van der Waals surface area contributed by atoms with Crippen molar-refractivity contribution in [3.63, 3.8) is 0 Å². The van der Waals surface area contributed by atoms with Crippen molar-refractivity contribution >= 4 is 0 Å². The van der Waals surface area contributed by atoms with E-state index in [0.29, 0.717) is 11.5 Å². The van der Waals surface area contributed by atoms with E-state index >= 15 is 0 Å². The molecule has 0 radical (unpaired) electrons. The molecule has 1 unspecified atom stereocenters. The van der Waals surface area contributed by atoms with Gasteiger partial charge in [0.1, 0.15) is 0 Å². The van der Waals surface area contributed by atoms with Crippen LogP contribution in [0.2, 0.25) is 0 Å². The number of hydrogen-bond donors (Lipinski definition) is 1. The Morgan fingerprint density at radius 3 is 2.50 bits per heavy atom. The minimum Gasteiger partial charge on any atom is -0.379 e. The van der Waals surface area contributed by atoms with Crippen LogP contribution in [-0.4, -0.2) is 19.3 Å². The molecule has 1 saturated heterocycles. The third-order valence-electron chi connectivity index (χ3n) is 2.37. The average molecular weight is 113 g/mol. The standard InChI is InChI=1S/C6H11NO/c7-5-3-8-4-6(5)1-2-6/h5H,1-4,7H2. The van der Waals surface area contributed by atoms with Crippen LogP contribution in [0.1, 0.15) is 12.8 Å². The van der Waals surface area contributed by atoms with Gasteiger partial charge in [-0.25, -0.2) is 0 Å². The first-order chi connectivity index (χ1) is 3.83. The van der Waals surface area contributed by atoms with Gasteiger partial charge in [0.2, 0.25) is 0 Å². The lowest BCUT2D eigenvalue weighted by molar-refractivity contribution is 0.181. The molecule has 2 aliphatic rings. The van der Waals surface area contributed by atoms with Gasteiger partial charge in [-0.3, -0.25) is 0 Å². The molecule has 0 bridgehead atoms. The van der Waals surface area contributed by atoms with Crippen molar-refractivity contribution in [3.05, 3.63) is 0 Å². The lowest BCUT2D eigenvalue weighted by atomic mass is 10.0. The number of rotatable bonds is 0. The van der Waals surface area contributed by atoms with Gasteiger partial charge in [0.05, 0.1) is 13.2 Å². The largest absolute Gasteiger partial charge is 0.379 e. The summed E-state index contributed by atoms with van der Waals surface area (Å²) in [6, 6.07) is 0.350. The summed E-state index contributed by atoms with van der Waals surface area (Å²) in [6.45, 7) is 1.72. The maximum absolute atomic E-state index is 5.75. The number of nitrogens with two attached hydrogens (primary N) is 1. The van der Waals surface area contributed by atoms with Crippen LogP contribution in [0.5, 0.6) is 0 Å². The molecule has 46 valence electrons. The highest BCUT2D eigenvalue weighted by Crippen LogP contribution is 2.50. The molecule has 2 heteroatoms. The first-order valence-corrected chi connectivity index (χ1v) is 3.17. The maximum atomic E-state index is 5.75. The first-order valence-electron chi connectivity index (χ1n) is 3.17. The second-order valence-electron chi connectivity index (χ2n) is 2.98. The van der Waals surface area contributed by atoms with Crippen molar-refractivity contribution in [1.29, 1.82) is 0 Å². The molecule has 8 heavy (non-hydrogen) atoms. The van der Waals surface area contributed by atoms with Crippen molar-refractivity contribution < 1.29 is 4.74 Å². The van der Waals surface area contributed by atoms with Gasteiger partial charge in [-0.15, -0.1) is 0 Å². The van der Waals surface area contributed by atoms with Gasteiger partial charge in [-0.05, 0) is 12.8 Å². The SMILES string of the molecule is NC1COCC12CC2. The zero-order valence-electron chi connectivity index (χ0n) is 4.89. The summed E-state index contributed by atoms with van der Waals surface area (Å²) in [4.78, 5) is 0. The second-order valence-corrected chi connectivity index (χ2v) is 2.98. The van der Waals surface area contributed by atoms with Crippen molar-refractivity contribution in [2.75, 3.05) is 13.2 Å². The van der Waals surface area contributed by atoms with Crippen molar-refractivity contribution in [3.8, 4) is 0 Å². The van der Waals surface area contributed by atoms with Gasteiger partial charge >= 0.3 is 0 Å². The zero-order valence-corrected chi connectivity index (χ0v) is 4.89. The average Bonchev–Trinajstić information content (AvgIpc) is 2.39. The van der Waals surface area contributed by atoms with Crippen molar-refractivity contribution in [2.24, 2.45) is 11.1 Å². The third-order valence-corrected chi connectivity index (χ3v) is 2.37. The summed E-state index contributed by atoms with van der Waals surface area (Å²) < 4.78 is 5.21. The molecule has 1 heterocycles. The molecule has 0 aromatic heterocycles. The molecular formula is C6H11NO. The fraction of sp³-hybridized carbons (Fsp3) is 1.00. The highest BCUT2D eigenvalue weighted by atomic mass is 16.5. The van der Waals surface area contributed by atoms with Crippen LogP contribution in [0.25, 0.3) is 0 Å². The molecule has 0 aromatic carbocycles. The van der Waals surface area contributed by atoms with Gasteiger partial charge in [0.15, 0.2) is 0 Å². The Morgan fingerprint density at radius 2 is 2.25 bits per heavy atom. The van der Waals surface area contributed by atoms with Gasteiger partial charge in [0.25, 0.3) is 0 Å². The molecule has 2 fully saturated rings. The van der Waals surface area contributed by atoms with E-state index in [1.165, 1.54) is 12.8 Å². The van der Waals surface area contributed by atoms with E-state index in [4.69, 9.17) is 10.5 Å². The lowest BCUT2D eigenvalue weighted by Gasteiger charge is -2.07. The van der Waals surface area contributed by atoms with Crippen LogP contribution in [-0.2, 0) is 4.74 Å². The zero-order chi connectivity index (χ0) is 5.61. The van der Waals surface area contributed by atoms with Crippen molar-refractivity contribution in [2.45, 2.75) is 18.9 Å². The van der Waals surface area contributed by atoms with E-state index in [2.05, 4.69) is 0 Å². The smallest absolute Gasteiger partial charge is 0.0624 e. The molecule has 1 atom stereocenters.